The number of fused-ring (bicyclic) bond motifs is 1. The molecule has 1 atom stereocenters. The Bertz CT molecular complexity index is 726. The molecule has 0 saturated carbocycles. The molecule has 3 heterocycles. The van der Waals surface area contributed by atoms with Crippen LogP contribution in [0.15, 0.2) is 6.07 Å². The van der Waals surface area contributed by atoms with E-state index >= 15 is 0 Å². The number of nitrogens with zero attached hydrogens (tertiary/aromatic N) is 3. The topological polar surface area (TPSA) is 74.8 Å². The zero-order chi connectivity index (χ0) is 19.1. The molecule has 3 rings (SSSR count). The first-order valence-electron chi connectivity index (χ1n) is 9.17. The lowest BCUT2D eigenvalue weighted by molar-refractivity contribution is 0.0282. The van der Waals surface area contributed by atoms with Gasteiger partial charge in [0.15, 0.2) is 0 Å². The van der Waals surface area contributed by atoms with E-state index in [0.29, 0.717) is 24.7 Å². The molecule has 0 spiro atoms. The molecular weight excluding hydrogens is 332 g/mol. The van der Waals surface area contributed by atoms with E-state index < -0.39 is 11.7 Å². The van der Waals surface area contributed by atoms with Gasteiger partial charge in [-0.2, -0.15) is 0 Å². The Labute approximate surface area is 154 Å². The van der Waals surface area contributed by atoms with Crippen LogP contribution in [-0.2, 0) is 17.8 Å². The van der Waals surface area contributed by atoms with Crippen LogP contribution < -0.4 is 10.2 Å². The third-order valence-corrected chi connectivity index (χ3v) is 4.81. The van der Waals surface area contributed by atoms with Gasteiger partial charge < -0.3 is 19.9 Å². The molecule has 0 unspecified atom stereocenters. The van der Waals surface area contributed by atoms with Crippen LogP contribution in [0.25, 0.3) is 0 Å². The largest absolute Gasteiger partial charge is 0.444 e. The Balaban J connectivity index is 1.88. The monoisotopic (exact) mass is 360 g/mol. The Morgan fingerprint density at radius 1 is 1.46 bits per heavy atom. The molecule has 2 aliphatic rings. The van der Waals surface area contributed by atoms with E-state index in [9.17, 15) is 9.59 Å². The maximum atomic E-state index is 12.3. The van der Waals surface area contributed by atoms with Crippen molar-refractivity contribution < 1.29 is 14.3 Å². The molecule has 1 aromatic rings. The number of carbonyl (C=O) groups excluding carboxylic acids is 2. The van der Waals surface area contributed by atoms with E-state index in [2.05, 4.69) is 17.1 Å². The molecule has 1 aromatic heterocycles. The third kappa shape index (κ3) is 3.76. The number of pyridine rings is 1. The van der Waals surface area contributed by atoms with Gasteiger partial charge in [0.25, 0.3) is 5.91 Å². The summed E-state index contributed by atoms with van der Waals surface area (Å²) >= 11 is 0. The second kappa shape index (κ2) is 6.78. The van der Waals surface area contributed by atoms with Crippen molar-refractivity contribution in [1.82, 2.24) is 15.2 Å². The van der Waals surface area contributed by atoms with Crippen molar-refractivity contribution in [3.8, 4) is 0 Å². The van der Waals surface area contributed by atoms with E-state index in [1.165, 1.54) is 4.90 Å². The van der Waals surface area contributed by atoms with Crippen LogP contribution in [0.1, 0.15) is 62.2 Å². The normalized spacial score (nSPS) is 19.3. The van der Waals surface area contributed by atoms with Gasteiger partial charge in [-0.15, -0.1) is 0 Å². The minimum absolute atomic E-state index is 0.0725. The molecule has 2 amide bonds. The number of hydrogen-bond donors (Lipinski definition) is 1. The Hall–Kier alpha value is -2.31. The lowest BCUT2D eigenvalue weighted by Gasteiger charge is -2.26. The lowest BCUT2D eigenvalue weighted by Crippen LogP contribution is -2.34. The smallest absolute Gasteiger partial charge is 0.410 e. The second-order valence-corrected chi connectivity index (χ2v) is 8.16. The van der Waals surface area contributed by atoms with Crippen molar-refractivity contribution in [1.29, 1.82) is 0 Å². The number of nitrogens with one attached hydrogen (secondary N) is 1. The molecule has 1 saturated heterocycles. The van der Waals surface area contributed by atoms with E-state index in [1.807, 2.05) is 26.8 Å². The molecule has 1 N–H and O–H groups in total. The molecule has 0 bridgehead atoms. The molecule has 7 nitrogen and oxygen atoms in total. The van der Waals surface area contributed by atoms with Crippen molar-refractivity contribution >= 4 is 17.8 Å². The highest BCUT2D eigenvalue weighted by atomic mass is 16.6. The van der Waals surface area contributed by atoms with E-state index in [-0.39, 0.29) is 5.91 Å². The fourth-order valence-corrected chi connectivity index (χ4v) is 3.45. The zero-order valence-corrected chi connectivity index (χ0v) is 16.3. The summed E-state index contributed by atoms with van der Waals surface area (Å²) in [6.45, 7) is 9.40. The van der Waals surface area contributed by atoms with Gasteiger partial charge in [-0.25, -0.2) is 9.78 Å². The average Bonchev–Trinajstić information content (AvgIpc) is 3.12. The summed E-state index contributed by atoms with van der Waals surface area (Å²) < 4.78 is 5.43. The Morgan fingerprint density at radius 2 is 2.19 bits per heavy atom. The second-order valence-electron chi connectivity index (χ2n) is 8.16. The Kier molecular flexibility index (Phi) is 4.82. The van der Waals surface area contributed by atoms with Crippen LogP contribution in [0.2, 0.25) is 0 Å². The minimum atomic E-state index is -0.551. The molecule has 1 fully saturated rings. The number of ether oxygens (including phenoxy) is 1. The predicted molar refractivity (Wildman–Crippen MR) is 99.2 cm³/mol. The maximum Gasteiger partial charge on any atom is 0.410 e. The number of aromatic nitrogens is 1. The predicted octanol–water partition coefficient (Wildman–Crippen LogP) is 2.68. The van der Waals surface area contributed by atoms with Crippen LogP contribution in [0.5, 0.6) is 0 Å². The molecule has 7 heteroatoms. The molecule has 0 radical (unpaired) electrons. The highest BCUT2D eigenvalue weighted by molar-refractivity contribution is 5.99. The highest BCUT2D eigenvalue weighted by Gasteiger charge is 2.29. The first-order valence-corrected chi connectivity index (χ1v) is 9.17. The summed E-state index contributed by atoms with van der Waals surface area (Å²) in [5, 5.41) is 2.86. The van der Waals surface area contributed by atoms with Gasteiger partial charge in [0.2, 0.25) is 0 Å². The lowest BCUT2D eigenvalue weighted by atomic mass is 10.1. The van der Waals surface area contributed by atoms with Gasteiger partial charge in [0.1, 0.15) is 11.4 Å². The van der Waals surface area contributed by atoms with Crippen LogP contribution in [-0.4, -0.2) is 47.1 Å². The quantitative estimate of drug-likeness (QED) is 0.897. The molecule has 142 valence electrons. The summed E-state index contributed by atoms with van der Waals surface area (Å²) in [7, 11) is 1.69. The number of amides is 2. The summed E-state index contributed by atoms with van der Waals surface area (Å²) in [5.74, 6) is 0.745. The number of carbonyl (C=O) groups is 2. The summed E-state index contributed by atoms with van der Waals surface area (Å²) in [4.78, 5) is 33.1. The fourth-order valence-electron chi connectivity index (χ4n) is 3.45. The number of rotatable bonds is 3. The van der Waals surface area contributed by atoms with Gasteiger partial charge in [-0.1, -0.05) is 0 Å². The number of anilines is 1. The number of hydrogen-bond acceptors (Lipinski definition) is 5. The summed E-state index contributed by atoms with van der Waals surface area (Å²) in [6, 6.07) is 2.29. The molecule has 0 aliphatic carbocycles. The van der Waals surface area contributed by atoms with Crippen molar-refractivity contribution in [3.63, 3.8) is 0 Å². The standard InChI is InChI=1S/C19H28N4O3/c1-12-7-6-8-23(12)16-9-13-14(10-20-17(13)24)15(21-16)11-22(5)18(25)26-19(2,3)4/h9,12H,6-8,10-11H2,1-5H3,(H,20,24)/t12-/m1/s1. The van der Waals surface area contributed by atoms with Crippen molar-refractivity contribution in [2.75, 3.05) is 18.5 Å². The molecule has 26 heavy (non-hydrogen) atoms. The highest BCUT2D eigenvalue weighted by Crippen LogP contribution is 2.29. The van der Waals surface area contributed by atoms with Crippen LogP contribution in [0, 0.1) is 0 Å². The first kappa shape index (κ1) is 18.5. The van der Waals surface area contributed by atoms with E-state index in [1.54, 1.807) is 7.05 Å². The van der Waals surface area contributed by atoms with Gasteiger partial charge in [0, 0.05) is 37.3 Å². The van der Waals surface area contributed by atoms with Gasteiger partial charge in [0.05, 0.1) is 12.2 Å². The van der Waals surface area contributed by atoms with Gasteiger partial charge in [-0.3, -0.25) is 4.79 Å². The summed E-state index contributed by atoms with van der Waals surface area (Å²) in [5.41, 5.74) is 1.75. The fraction of sp³-hybridized carbons (Fsp3) is 0.632. The SMILES string of the molecule is C[C@@H]1CCCN1c1cc2c(c(CN(C)C(=O)OC(C)(C)C)n1)CNC2=O. The first-order chi connectivity index (χ1) is 12.2. The summed E-state index contributed by atoms with van der Waals surface area (Å²) in [6.07, 6.45) is 1.85. The van der Waals surface area contributed by atoms with Gasteiger partial charge in [-0.05, 0) is 46.6 Å². The molecule has 2 aliphatic heterocycles. The average molecular weight is 360 g/mol. The molecular formula is C19H28N4O3. The Morgan fingerprint density at radius 3 is 2.81 bits per heavy atom. The maximum absolute atomic E-state index is 12.3. The van der Waals surface area contributed by atoms with Crippen LogP contribution in [0.4, 0.5) is 10.6 Å². The van der Waals surface area contributed by atoms with Crippen molar-refractivity contribution in [3.05, 3.63) is 22.9 Å². The zero-order valence-electron chi connectivity index (χ0n) is 16.3. The van der Waals surface area contributed by atoms with E-state index in [0.717, 1.165) is 36.5 Å². The molecule has 0 aromatic carbocycles. The third-order valence-electron chi connectivity index (χ3n) is 4.81. The van der Waals surface area contributed by atoms with Crippen molar-refractivity contribution in [2.24, 2.45) is 0 Å². The van der Waals surface area contributed by atoms with E-state index in [4.69, 9.17) is 9.72 Å². The van der Waals surface area contributed by atoms with Crippen LogP contribution >= 0.6 is 0 Å². The van der Waals surface area contributed by atoms with Gasteiger partial charge >= 0.3 is 6.09 Å². The van der Waals surface area contributed by atoms with Crippen molar-refractivity contribution in [2.45, 2.75) is 65.3 Å². The van der Waals surface area contributed by atoms with Crippen LogP contribution in [0.3, 0.4) is 0 Å². The minimum Gasteiger partial charge on any atom is -0.444 e.